The lowest BCUT2D eigenvalue weighted by Crippen LogP contribution is -2.46. The molecule has 142 valence electrons. The number of hydrogen-bond acceptors (Lipinski definition) is 2. The van der Waals surface area contributed by atoms with Gasteiger partial charge in [-0.2, -0.15) is 0 Å². The summed E-state index contributed by atoms with van der Waals surface area (Å²) in [5.74, 6) is -0.574. The molecule has 1 aliphatic heterocycles. The Morgan fingerprint density at radius 3 is 2.48 bits per heavy atom. The lowest BCUT2D eigenvalue weighted by Gasteiger charge is -2.32. The molecule has 1 aliphatic rings. The Balaban J connectivity index is 1.45. The maximum Gasteiger partial charge on any atom is 0.253 e. The standard InChI is InChI=1S/C21H22BrFN2O2/c22-17-12-16(13-18(23)14-17)21(27)25-10-8-19(9-11-25)24-20(26)7-6-15-4-2-1-3-5-15/h1-5,12-14,19H,6-11H2,(H,24,26). The monoisotopic (exact) mass is 432 g/mol. The van der Waals surface area contributed by atoms with E-state index in [0.29, 0.717) is 42.4 Å². The fourth-order valence-corrected chi connectivity index (χ4v) is 3.75. The molecule has 27 heavy (non-hydrogen) atoms. The van der Waals surface area contributed by atoms with Gasteiger partial charge in [-0.3, -0.25) is 9.59 Å². The smallest absolute Gasteiger partial charge is 0.253 e. The molecule has 2 aromatic carbocycles. The van der Waals surface area contributed by atoms with E-state index in [1.807, 2.05) is 30.3 Å². The van der Waals surface area contributed by atoms with Crippen molar-refractivity contribution >= 4 is 27.7 Å². The molecule has 0 unspecified atom stereocenters. The molecule has 0 spiro atoms. The van der Waals surface area contributed by atoms with Crippen molar-refractivity contribution in [1.82, 2.24) is 10.2 Å². The lowest BCUT2D eigenvalue weighted by atomic mass is 10.0. The summed E-state index contributed by atoms with van der Waals surface area (Å²) < 4.78 is 14.1. The molecule has 3 rings (SSSR count). The van der Waals surface area contributed by atoms with Crippen molar-refractivity contribution in [2.24, 2.45) is 0 Å². The van der Waals surface area contributed by atoms with Crippen LogP contribution >= 0.6 is 15.9 Å². The van der Waals surface area contributed by atoms with Gasteiger partial charge in [0.1, 0.15) is 5.82 Å². The van der Waals surface area contributed by atoms with E-state index in [1.165, 1.54) is 12.1 Å². The van der Waals surface area contributed by atoms with Crippen LogP contribution in [0.2, 0.25) is 0 Å². The number of benzene rings is 2. The van der Waals surface area contributed by atoms with Gasteiger partial charge in [-0.05, 0) is 43.0 Å². The van der Waals surface area contributed by atoms with Gasteiger partial charge >= 0.3 is 0 Å². The second-order valence-electron chi connectivity index (χ2n) is 6.78. The SMILES string of the molecule is O=C(CCc1ccccc1)NC1CCN(C(=O)c2cc(F)cc(Br)c2)CC1. The Hall–Kier alpha value is -2.21. The van der Waals surface area contributed by atoms with Crippen molar-refractivity contribution in [2.45, 2.75) is 31.7 Å². The molecule has 6 heteroatoms. The molecule has 1 fully saturated rings. The average molecular weight is 433 g/mol. The van der Waals surface area contributed by atoms with Crippen molar-refractivity contribution < 1.29 is 14.0 Å². The number of halogens is 2. The van der Waals surface area contributed by atoms with Gasteiger partial charge in [0.15, 0.2) is 0 Å². The van der Waals surface area contributed by atoms with E-state index >= 15 is 0 Å². The van der Waals surface area contributed by atoms with Crippen LogP contribution in [-0.4, -0.2) is 35.8 Å². The van der Waals surface area contributed by atoms with Gasteiger partial charge in [-0.1, -0.05) is 46.3 Å². The van der Waals surface area contributed by atoms with Crippen LogP contribution in [-0.2, 0) is 11.2 Å². The first-order chi connectivity index (χ1) is 13.0. The number of hydrogen-bond donors (Lipinski definition) is 1. The number of aryl methyl sites for hydroxylation is 1. The molecular formula is C21H22BrFN2O2. The first-order valence-corrected chi connectivity index (χ1v) is 9.89. The first-order valence-electron chi connectivity index (χ1n) is 9.10. The number of amides is 2. The number of carbonyl (C=O) groups is 2. The highest BCUT2D eigenvalue weighted by Crippen LogP contribution is 2.19. The molecule has 0 saturated carbocycles. The number of carbonyl (C=O) groups excluding carboxylic acids is 2. The highest BCUT2D eigenvalue weighted by molar-refractivity contribution is 9.10. The molecule has 0 bridgehead atoms. The van der Waals surface area contributed by atoms with E-state index < -0.39 is 5.82 Å². The first kappa shape index (κ1) is 19.5. The molecule has 0 aromatic heterocycles. The Morgan fingerprint density at radius 2 is 1.81 bits per heavy atom. The van der Waals surface area contributed by atoms with Crippen LogP contribution in [0.25, 0.3) is 0 Å². The zero-order valence-electron chi connectivity index (χ0n) is 15.0. The van der Waals surface area contributed by atoms with E-state index in [2.05, 4.69) is 21.2 Å². The van der Waals surface area contributed by atoms with Crippen LogP contribution in [0.1, 0.15) is 35.2 Å². The van der Waals surface area contributed by atoms with Crippen LogP contribution in [0.15, 0.2) is 53.0 Å². The third-order valence-electron chi connectivity index (χ3n) is 4.74. The summed E-state index contributed by atoms with van der Waals surface area (Å²) in [6.45, 7) is 1.10. The zero-order chi connectivity index (χ0) is 19.2. The summed E-state index contributed by atoms with van der Waals surface area (Å²) in [7, 11) is 0. The normalized spacial score (nSPS) is 14.8. The Labute approximate surface area is 166 Å². The summed E-state index contributed by atoms with van der Waals surface area (Å²) in [5, 5.41) is 3.06. The summed E-state index contributed by atoms with van der Waals surface area (Å²) >= 11 is 3.22. The van der Waals surface area contributed by atoms with Gasteiger partial charge in [0.25, 0.3) is 5.91 Å². The maximum atomic E-state index is 13.5. The van der Waals surface area contributed by atoms with Gasteiger partial charge in [0, 0.05) is 35.6 Å². The van der Waals surface area contributed by atoms with Gasteiger partial charge in [-0.25, -0.2) is 4.39 Å². The molecule has 2 aromatic rings. The molecule has 0 aliphatic carbocycles. The van der Waals surface area contributed by atoms with E-state index in [4.69, 9.17) is 0 Å². The van der Waals surface area contributed by atoms with Crippen molar-refractivity contribution in [3.05, 3.63) is 69.9 Å². The summed E-state index contributed by atoms with van der Waals surface area (Å²) in [6.07, 6.45) is 2.59. The van der Waals surface area contributed by atoms with Crippen molar-refractivity contribution in [2.75, 3.05) is 13.1 Å². The Bertz CT molecular complexity index is 785. The van der Waals surface area contributed by atoms with Crippen molar-refractivity contribution in [3.63, 3.8) is 0 Å². The average Bonchev–Trinajstić information content (AvgIpc) is 2.66. The fourth-order valence-electron chi connectivity index (χ4n) is 3.29. The lowest BCUT2D eigenvalue weighted by molar-refractivity contribution is -0.122. The minimum Gasteiger partial charge on any atom is -0.353 e. The van der Waals surface area contributed by atoms with Gasteiger partial charge in [0.05, 0.1) is 0 Å². The summed E-state index contributed by atoms with van der Waals surface area (Å²) in [5.41, 5.74) is 1.49. The minimum absolute atomic E-state index is 0.0395. The van der Waals surface area contributed by atoms with Crippen molar-refractivity contribution in [1.29, 1.82) is 0 Å². The summed E-state index contributed by atoms with van der Waals surface area (Å²) in [6, 6.07) is 14.2. The highest BCUT2D eigenvalue weighted by atomic mass is 79.9. The third kappa shape index (κ3) is 5.63. The number of nitrogens with zero attached hydrogens (tertiary/aromatic N) is 1. The molecule has 1 saturated heterocycles. The van der Waals surface area contributed by atoms with E-state index in [0.717, 1.165) is 12.0 Å². The molecule has 0 radical (unpaired) electrons. The van der Waals surface area contributed by atoms with Crippen LogP contribution < -0.4 is 5.32 Å². The fraction of sp³-hybridized carbons (Fsp3) is 0.333. The molecular weight excluding hydrogens is 411 g/mol. The van der Waals surface area contributed by atoms with E-state index in [9.17, 15) is 14.0 Å². The molecule has 2 amide bonds. The van der Waals surface area contributed by atoms with Gasteiger partial charge < -0.3 is 10.2 Å². The topological polar surface area (TPSA) is 49.4 Å². The largest absolute Gasteiger partial charge is 0.353 e. The predicted octanol–water partition coefficient (Wildman–Crippen LogP) is 3.94. The van der Waals surface area contributed by atoms with Crippen LogP contribution in [0.3, 0.4) is 0 Å². The second kappa shape index (κ2) is 9.13. The molecule has 0 atom stereocenters. The number of piperidine rings is 1. The molecule has 1 heterocycles. The molecule has 4 nitrogen and oxygen atoms in total. The van der Waals surface area contributed by atoms with Gasteiger partial charge in [0.2, 0.25) is 5.91 Å². The van der Waals surface area contributed by atoms with E-state index in [1.54, 1.807) is 11.0 Å². The highest BCUT2D eigenvalue weighted by Gasteiger charge is 2.25. The molecule has 1 N–H and O–H groups in total. The number of likely N-dealkylation sites (tertiary alicyclic amines) is 1. The third-order valence-corrected chi connectivity index (χ3v) is 5.20. The Morgan fingerprint density at radius 1 is 1.11 bits per heavy atom. The number of nitrogens with one attached hydrogen (secondary N) is 1. The van der Waals surface area contributed by atoms with Crippen LogP contribution in [0.4, 0.5) is 4.39 Å². The zero-order valence-corrected chi connectivity index (χ0v) is 16.5. The summed E-state index contributed by atoms with van der Waals surface area (Å²) in [4.78, 5) is 26.4. The second-order valence-corrected chi connectivity index (χ2v) is 7.69. The van der Waals surface area contributed by atoms with Crippen LogP contribution in [0, 0.1) is 5.82 Å². The number of rotatable bonds is 5. The maximum absolute atomic E-state index is 13.5. The quantitative estimate of drug-likeness (QED) is 0.777. The minimum atomic E-state index is -0.437. The Kier molecular flexibility index (Phi) is 6.61. The van der Waals surface area contributed by atoms with Gasteiger partial charge in [-0.15, -0.1) is 0 Å². The van der Waals surface area contributed by atoms with E-state index in [-0.39, 0.29) is 17.9 Å². The predicted molar refractivity (Wildman–Crippen MR) is 106 cm³/mol. The van der Waals surface area contributed by atoms with Crippen molar-refractivity contribution in [3.8, 4) is 0 Å². The van der Waals surface area contributed by atoms with Crippen LogP contribution in [0.5, 0.6) is 0 Å².